The first-order valence-corrected chi connectivity index (χ1v) is 6.95. The molecule has 0 aliphatic carbocycles. The quantitative estimate of drug-likeness (QED) is 0.621. The van der Waals surface area contributed by atoms with Gasteiger partial charge in [-0.15, -0.1) is 0 Å². The molecule has 9 heteroatoms. The van der Waals surface area contributed by atoms with Gasteiger partial charge in [-0.05, 0) is 30.8 Å². The summed E-state index contributed by atoms with van der Waals surface area (Å²) in [5.41, 5.74) is -5.01. The lowest BCUT2D eigenvalue weighted by Gasteiger charge is -2.10. The van der Waals surface area contributed by atoms with Crippen molar-refractivity contribution in [3.05, 3.63) is 29.3 Å². The van der Waals surface area contributed by atoms with Crippen molar-refractivity contribution in [2.45, 2.75) is 12.4 Å². The number of thioether (sulfide) groups is 1. The summed E-state index contributed by atoms with van der Waals surface area (Å²) in [6.45, 7) is 1.69. The Kier molecular flexibility index (Phi) is 6.25. The molecule has 118 valence electrons. The van der Waals surface area contributed by atoms with Crippen LogP contribution in [0.3, 0.4) is 0 Å². The van der Waals surface area contributed by atoms with Gasteiger partial charge in [-0.3, -0.25) is 4.79 Å². The summed E-state index contributed by atoms with van der Waals surface area (Å²) in [6, 6.07) is 1.65. The molecule has 0 bridgehead atoms. The molecule has 0 spiro atoms. The third-order valence-electron chi connectivity index (χ3n) is 2.31. The summed E-state index contributed by atoms with van der Waals surface area (Å²) >= 11 is -0.287. The lowest BCUT2D eigenvalue weighted by Crippen LogP contribution is -2.26. The van der Waals surface area contributed by atoms with Gasteiger partial charge in [0.25, 0.3) is 5.91 Å². The van der Waals surface area contributed by atoms with Gasteiger partial charge in [0.15, 0.2) is 0 Å². The molecular weight excluding hydrogens is 315 g/mol. The summed E-state index contributed by atoms with van der Waals surface area (Å²) in [7, 11) is 0. The van der Waals surface area contributed by atoms with E-state index in [1.807, 2.05) is 0 Å². The molecule has 2 N–H and O–H groups in total. The van der Waals surface area contributed by atoms with Crippen LogP contribution in [-0.4, -0.2) is 30.3 Å². The van der Waals surface area contributed by atoms with Crippen LogP contribution in [0, 0.1) is 11.6 Å². The van der Waals surface area contributed by atoms with Crippen molar-refractivity contribution < 1.29 is 26.7 Å². The van der Waals surface area contributed by atoms with E-state index in [9.17, 15) is 26.7 Å². The molecule has 3 nitrogen and oxygen atoms in total. The van der Waals surface area contributed by atoms with E-state index in [-0.39, 0.29) is 35.3 Å². The second kappa shape index (κ2) is 7.48. The largest absolute Gasteiger partial charge is 0.441 e. The van der Waals surface area contributed by atoms with Crippen molar-refractivity contribution in [1.29, 1.82) is 0 Å². The van der Waals surface area contributed by atoms with Gasteiger partial charge in [0, 0.05) is 24.4 Å². The van der Waals surface area contributed by atoms with E-state index >= 15 is 0 Å². The van der Waals surface area contributed by atoms with Gasteiger partial charge in [-0.2, -0.15) is 13.2 Å². The number of benzene rings is 1. The minimum absolute atomic E-state index is 0.263. The summed E-state index contributed by atoms with van der Waals surface area (Å²) in [5.74, 6) is -3.09. The van der Waals surface area contributed by atoms with Crippen LogP contribution in [0.4, 0.5) is 27.6 Å². The minimum atomic E-state index is -4.38. The summed E-state index contributed by atoms with van der Waals surface area (Å²) < 4.78 is 62.7. The highest BCUT2D eigenvalue weighted by Crippen LogP contribution is 2.29. The van der Waals surface area contributed by atoms with Crippen LogP contribution in [0.5, 0.6) is 0 Å². The number of carbonyl (C=O) groups is 1. The van der Waals surface area contributed by atoms with Crippen molar-refractivity contribution in [2.75, 3.05) is 24.2 Å². The minimum Gasteiger partial charge on any atom is -0.381 e. The molecule has 1 aromatic rings. The SMILES string of the molecule is CCNc1c(F)cc(C(=O)NCCSC(F)(F)F)cc1F. The number of rotatable bonds is 6. The van der Waals surface area contributed by atoms with Crippen LogP contribution in [-0.2, 0) is 0 Å². The third-order valence-corrected chi connectivity index (χ3v) is 3.05. The molecule has 0 aliphatic rings. The fraction of sp³-hybridized carbons (Fsp3) is 0.417. The Morgan fingerprint density at radius 3 is 2.29 bits per heavy atom. The van der Waals surface area contributed by atoms with E-state index in [2.05, 4.69) is 10.6 Å². The van der Waals surface area contributed by atoms with Crippen molar-refractivity contribution in [3.63, 3.8) is 0 Å². The van der Waals surface area contributed by atoms with E-state index in [1.54, 1.807) is 6.92 Å². The standard InChI is InChI=1S/C12H13F5N2OS/c1-2-18-10-8(13)5-7(6-9(10)14)11(20)19-3-4-21-12(15,16)17/h5-6,18H,2-4H2,1H3,(H,19,20). The second-order valence-corrected chi connectivity index (χ2v) is 5.06. The molecule has 0 unspecified atom stereocenters. The number of nitrogens with one attached hydrogen (secondary N) is 2. The predicted molar refractivity (Wildman–Crippen MR) is 71.4 cm³/mol. The Hall–Kier alpha value is -1.51. The molecule has 0 heterocycles. The summed E-state index contributed by atoms with van der Waals surface area (Å²) in [6.07, 6.45) is 0. The first-order valence-electron chi connectivity index (χ1n) is 5.96. The molecule has 1 rings (SSSR count). The van der Waals surface area contributed by atoms with Crippen molar-refractivity contribution >= 4 is 23.4 Å². The maximum atomic E-state index is 13.6. The highest BCUT2D eigenvalue weighted by Gasteiger charge is 2.27. The Balaban J connectivity index is 2.63. The molecule has 21 heavy (non-hydrogen) atoms. The zero-order valence-electron chi connectivity index (χ0n) is 11.0. The van der Waals surface area contributed by atoms with E-state index in [0.29, 0.717) is 6.54 Å². The van der Waals surface area contributed by atoms with E-state index in [4.69, 9.17) is 0 Å². The Morgan fingerprint density at radius 2 is 1.81 bits per heavy atom. The number of amides is 1. The van der Waals surface area contributed by atoms with Gasteiger partial charge >= 0.3 is 5.51 Å². The normalized spacial score (nSPS) is 11.3. The fourth-order valence-corrected chi connectivity index (χ4v) is 1.92. The molecule has 0 saturated heterocycles. The second-order valence-electron chi connectivity index (χ2n) is 3.90. The zero-order valence-corrected chi connectivity index (χ0v) is 11.8. The van der Waals surface area contributed by atoms with Crippen molar-refractivity contribution in [2.24, 2.45) is 0 Å². The lowest BCUT2D eigenvalue weighted by atomic mass is 10.1. The van der Waals surface area contributed by atoms with Gasteiger partial charge in [-0.1, -0.05) is 0 Å². The van der Waals surface area contributed by atoms with Crippen LogP contribution in [0.15, 0.2) is 12.1 Å². The topological polar surface area (TPSA) is 41.1 Å². The van der Waals surface area contributed by atoms with Crippen LogP contribution in [0.25, 0.3) is 0 Å². The van der Waals surface area contributed by atoms with E-state index < -0.39 is 23.0 Å². The van der Waals surface area contributed by atoms with Crippen LogP contribution in [0.1, 0.15) is 17.3 Å². The molecule has 1 amide bonds. The molecular formula is C12H13F5N2OS. The van der Waals surface area contributed by atoms with E-state index in [1.165, 1.54) is 0 Å². The van der Waals surface area contributed by atoms with Crippen LogP contribution >= 0.6 is 11.8 Å². The Labute approximate surface area is 122 Å². The summed E-state index contributed by atoms with van der Waals surface area (Å²) in [5, 5.41) is 4.63. The maximum absolute atomic E-state index is 13.6. The maximum Gasteiger partial charge on any atom is 0.441 e. The van der Waals surface area contributed by atoms with Crippen LogP contribution < -0.4 is 10.6 Å². The fourth-order valence-electron chi connectivity index (χ4n) is 1.48. The molecule has 0 radical (unpaired) electrons. The average molecular weight is 328 g/mol. The monoisotopic (exact) mass is 328 g/mol. The van der Waals surface area contributed by atoms with E-state index in [0.717, 1.165) is 12.1 Å². The molecule has 0 aromatic heterocycles. The smallest absolute Gasteiger partial charge is 0.381 e. The van der Waals surface area contributed by atoms with Crippen molar-refractivity contribution in [3.8, 4) is 0 Å². The molecule has 0 saturated carbocycles. The third kappa shape index (κ3) is 5.78. The molecule has 0 aliphatic heterocycles. The first kappa shape index (κ1) is 17.5. The highest BCUT2D eigenvalue weighted by atomic mass is 32.2. The van der Waals surface area contributed by atoms with Gasteiger partial charge in [0.1, 0.15) is 17.3 Å². The average Bonchev–Trinajstić information content (AvgIpc) is 2.37. The predicted octanol–water partition coefficient (Wildman–Crippen LogP) is 3.38. The first-order chi connectivity index (χ1) is 9.74. The summed E-state index contributed by atoms with van der Waals surface area (Å²) in [4.78, 5) is 11.6. The highest BCUT2D eigenvalue weighted by molar-refractivity contribution is 8.00. The number of carbonyl (C=O) groups excluding carboxylic acids is 1. The molecule has 0 atom stereocenters. The van der Waals surface area contributed by atoms with Crippen molar-refractivity contribution in [1.82, 2.24) is 5.32 Å². The number of anilines is 1. The van der Waals surface area contributed by atoms with Crippen LogP contribution in [0.2, 0.25) is 0 Å². The van der Waals surface area contributed by atoms with Gasteiger partial charge in [0.2, 0.25) is 0 Å². The molecule has 1 aromatic carbocycles. The molecule has 0 fully saturated rings. The lowest BCUT2D eigenvalue weighted by molar-refractivity contribution is -0.0327. The number of alkyl halides is 3. The number of hydrogen-bond donors (Lipinski definition) is 2. The number of halogens is 5. The number of hydrogen-bond acceptors (Lipinski definition) is 3. The Morgan fingerprint density at radius 1 is 1.24 bits per heavy atom. The van der Waals surface area contributed by atoms with Gasteiger partial charge in [-0.25, -0.2) is 8.78 Å². The van der Waals surface area contributed by atoms with Gasteiger partial charge < -0.3 is 10.6 Å². The van der Waals surface area contributed by atoms with Gasteiger partial charge in [0.05, 0.1) is 0 Å². The zero-order chi connectivity index (χ0) is 16.0. The Bertz CT molecular complexity index is 484.